The Morgan fingerprint density at radius 2 is 1.66 bits per heavy atom. The third kappa shape index (κ3) is 9.24. The van der Waals surface area contributed by atoms with Gasteiger partial charge in [-0.05, 0) is 47.1 Å². The molecule has 0 aliphatic carbocycles. The van der Waals surface area contributed by atoms with Crippen molar-refractivity contribution in [3.8, 4) is 11.4 Å². The highest BCUT2D eigenvalue weighted by Gasteiger charge is 2.32. The van der Waals surface area contributed by atoms with E-state index in [1.165, 1.54) is 17.9 Å². The third-order valence-electron chi connectivity index (χ3n) is 6.22. The fraction of sp³-hybridized carbons (Fsp3) is 0.517. The van der Waals surface area contributed by atoms with Gasteiger partial charge in [0.15, 0.2) is 5.82 Å². The standard InChI is InChI=1S/C29H39N5O7/c1-6-40-28(39)34-16-14-33(15-17-34)27(38)21(12-13-24(36)41-29(3,4)5)32-26(37)23-18-22(19(2)35)30-25(31-23)20-10-8-7-9-11-20/h7-11,18-19,21,35H,6,12-17H2,1-5H3,(H,32,37)/t19?,21-/m0/s1. The first-order chi connectivity index (χ1) is 19.4. The van der Waals surface area contributed by atoms with Crippen molar-refractivity contribution >= 4 is 23.9 Å². The number of ether oxygens (including phenoxy) is 2. The number of aromatic nitrogens is 2. The molecule has 2 atom stereocenters. The van der Waals surface area contributed by atoms with Crippen molar-refractivity contribution in [3.63, 3.8) is 0 Å². The minimum absolute atomic E-state index is 0.00252. The van der Waals surface area contributed by atoms with E-state index in [0.29, 0.717) is 5.56 Å². The van der Waals surface area contributed by atoms with Crippen molar-refractivity contribution in [2.45, 2.75) is 65.2 Å². The van der Waals surface area contributed by atoms with Crippen molar-refractivity contribution in [3.05, 3.63) is 47.8 Å². The zero-order chi connectivity index (χ0) is 30.2. The van der Waals surface area contributed by atoms with Crippen molar-refractivity contribution in [2.75, 3.05) is 32.8 Å². The lowest BCUT2D eigenvalue weighted by Crippen LogP contribution is -2.56. The number of esters is 1. The summed E-state index contributed by atoms with van der Waals surface area (Å²) >= 11 is 0. The van der Waals surface area contributed by atoms with Gasteiger partial charge in [0.2, 0.25) is 5.91 Å². The number of benzene rings is 1. The zero-order valence-corrected chi connectivity index (χ0v) is 24.3. The molecule has 1 aliphatic rings. The van der Waals surface area contributed by atoms with Crippen LogP contribution in [0.3, 0.4) is 0 Å². The molecule has 2 heterocycles. The predicted molar refractivity (Wildman–Crippen MR) is 150 cm³/mol. The Kier molecular flexibility index (Phi) is 10.8. The summed E-state index contributed by atoms with van der Waals surface area (Å²) < 4.78 is 10.4. The normalized spacial score (nSPS) is 15.1. The number of carbonyl (C=O) groups is 4. The molecule has 1 unspecified atom stereocenters. The maximum atomic E-state index is 13.6. The quantitative estimate of drug-likeness (QED) is 0.434. The second kappa shape index (κ2) is 14.0. The van der Waals surface area contributed by atoms with Crippen LogP contribution in [0.15, 0.2) is 36.4 Å². The number of hydrogen-bond donors (Lipinski definition) is 2. The van der Waals surface area contributed by atoms with Crippen LogP contribution < -0.4 is 5.32 Å². The van der Waals surface area contributed by atoms with Gasteiger partial charge in [-0.15, -0.1) is 0 Å². The summed E-state index contributed by atoms with van der Waals surface area (Å²) in [5.41, 5.74) is 0.170. The lowest BCUT2D eigenvalue weighted by atomic mass is 10.1. The summed E-state index contributed by atoms with van der Waals surface area (Å²) in [5.74, 6) is -1.29. The number of amides is 3. The molecule has 1 fully saturated rings. The molecule has 0 radical (unpaired) electrons. The second-order valence-electron chi connectivity index (χ2n) is 10.7. The summed E-state index contributed by atoms with van der Waals surface area (Å²) in [7, 11) is 0. The summed E-state index contributed by atoms with van der Waals surface area (Å²) in [6.07, 6.45) is -1.51. The van der Waals surface area contributed by atoms with Crippen molar-refractivity contribution in [1.29, 1.82) is 0 Å². The van der Waals surface area contributed by atoms with Gasteiger partial charge in [0, 0.05) is 38.2 Å². The molecular weight excluding hydrogens is 530 g/mol. The number of nitrogens with zero attached hydrogens (tertiary/aromatic N) is 4. The van der Waals surface area contributed by atoms with Crippen LogP contribution >= 0.6 is 0 Å². The smallest absolute Gasteiger partial charge is 0.409 e. The van der Waals surface area contributed by atoms with Crippen LogP contribution in [0.2, 0.25) is 0 Å². The van der Waals surface area contributed by atoms with Gasteiger partial charge in [0.25, 0.3) is 5.91 Å². The summed E-state index contributed by atoms with van der Waals surface area (Å²) in [6, 6.07) is 9.33. The van der Waals surface area contributed by atoms with E-state index >= 15 is 0 Å². The number of rotatable bonds is 9. The van der Waals surface area contributed by atoms with E-state index in [2.05, 4.69) is 15.3 Å². The van der Waals surface area contributed by atoms with Crippen molar-refractivity contribution in [1.82, 2.24) is 25.1 Å². The van der Waals surface area contributed by atoms with E-state index in [9.17, 15) is 24.3 Å². The molecule has 0 bridgehead atoms. The van der Waals surface area contributed by atoms with E-state index in [0.717, 1.165) is 0 Å². The highest BCUT2D eigenvalue weighted by molar-refractivity contribution is 5.96. The maximum Gasteiger partial charge on any atom is 0.409 e. The van der Waals surface area contributed by atoms with Gasteiger partial charge >= 0.3 is 12.1 Å². The van der Waals surface area contributed by atoms with Gasteiger partial charge in [-0.25, -0.2) is 14.8 Å². The van der Waals surface area contributed by atoms with E-state index in [1.54, 1.807) is 56.9 Å². The highest BCUT2D eigenvalue weighted by atomic mass is 16.6. The van der Waals surface area contributed by atoms with Gasteiger partial charge in [0.05, 0.1) is 18.4 Å². The fourth-order valence-electron chi connectivity index (χ4n) is 4.20. The van der Waals surface area contributed by atoms with Crippen molar-refractivity contribution in [2.24, 2.45) is 0 Å². The molecule has 41 heavy (non-hydrogen) atoms. The monoisotopic (exact) mass is 569 g/mol. The van der Waals surface area contributed by atoms with Gasteiger partial charge in [-0.1, -0.05) is 30.3 Å². The molecule has 1 aromatic carbocycles. The number of aliphatic hydroxyl groups is 1. The summed E-state index contributed by atoms with van der Waals surface area (Å²) in [6.45, 7) is 9.79. The Hall–Kier alpha value is -4.06. The average molecular weight is 570 g/mol. The summed E-state index contributed by atoms with van der Waals surface area (Å²) in [4.78, 5) is 63.4. The molecule has 12 nitrogen and oxygen atoms in total. The number of aliphatic hydroxyl groups excluding tert-OH is 1. The minimum Gasteiger partial charge on any atom is -0.460 e. The van der Waals surface area contributed by atoms with Crippen LogP contribution in [0.4, 0.5) is 4.79 Å². The van der Waals surface area contributed by atoms with E-state index in [-0.39, 0.29) is 62.8 Å². The van der Waals surface area contributed by atoms with E-state index in [4.69, 9.17) is 9.47 Å². The lowest BCUT2D eigenvalue weighted by Gasteiger charge is -2.36. The summed E-state index contributed by atoms with van der Waals surface area (Å²) in [5, 5.41) is 12.9. The highest BCUT2D eigenvalue weighted by Crippen LogP contribution is 2.20. The Morgan fingerprint density at radius 3 is 2.24 bits per heavy atom. The Balaban J connectivity index is 1.82. The fourth-order valence-corrected chi connectivity index (χ4v) is 4.20. The molecular formula is C29H39N5O7. The largest absolute Gasteiger partial charge is 0.460 e. The first-order valence-electron chi connectivity index (χ1n) is 13.7. The molecule has 3 rings (SSSR count). The SMILES string of the molecule is CCOC(=O)N1CCN(C(=O)[C@H](CCC(=O)OC(C)(C)C)NC(=O)c2cc(C(C)O)nc(-c3ccccc3)n2)CC1. The maximum absolute atomic E-state index is 13.6. The third-order valence-corrected chi connectivity index (χ3v) is 6.22. The van der Waals surface area contributed by atoms with Gasteiger partial charge in [-0.2, -0.15) is 0 Å². The van der Waals surface area contributed by atoms with E-state index in [1.807, 2.05) is 6.07 Å². The van der Waals surface area contributed by atoms with Crippen LogP contribution in [0.5, 0.6) is 0 Å². The minimum atomic E-state index is -1.06. The molecule has 1 aromatic heterocycles. The molecule has 2 aromatic rings. The topological polar surface area (TPSA) is 151 Å². The molecule has 12 heteroatoms. The molecule has 222 valence electrons. The number of piperazine rings is 1. The van der Waals surface area contributed by atoms with Gasteiger partial charge < -0.3 is 29.7 Å². The molecule has 1 saturated heterocycles. The lowest BCUT2D eigenvalue weighted by molar-refractivity contribution is -0.155. The number of hydrogen-bond acceptors (Lipinski definition) is 9. The first kappa shape index (κ1) is 31.5. The van der Waals surface area contributed by atoms with Crippen molar-refractivity contribution < 1.29 is 33.8 Å². The van der Waals surface area contributed by atoms with Crippen LogP contribution in [0.25, 0.3) is 11.4 Å². The van der Waals surface area contributed by atoms with Crippen LogP contribution in [0.1, 0.15) is 69.7 Å². The predicted octanol–water partition coefficient (Wildman–Crippen LogP) is 2.72. The average Bonchev–Trinajstić information content (AvgIpc) is 2.94. The van der Waals surface area contributed by atoms with Crippen LogP contribution in [-0.2, 0) is 19.1 Å². The zero-order valence-electron chi connectivity index (χ0n) is 24.3. The molecule has 2 N–H and O–H groups in total. The van der Waals surface area contributed by atoms with Crippen LogP contribution in [-0.4, -0.2) is 93.2 Å². The molecule has 3 amide bonds. The van der Waals surface area contributed by atoms with Gasteiger partial charge in [0.1, 0.15) is 17.3 Å². The van der Waals surface area contributed by atoms with Gasteiger partial charge in [-0.3, -0.25) is 14.4 Å². The number of nitrogens with one attached hydrogen (secondary N) is 1. The Bertz CT molecular complexity index is 1220. The van der Waals surface area contributed by atoms with E-state index < -0.39 is 41.6 Å². The molecule has 0 saturated carbocycles. The Labute approximate surface area is 240 Å². The second-order valence-corrected chi connectivity index (χ2v) is 10.7. The number of carbonyl (C=O) groups excluding carboxylic acids is 4. The first-order valence-corrected chi connectivity index (χ1v) is 13.7. The molecule has 0 spiro atoms. The Morgan fingerprint density at radius 1 is 1.02 bits per heavy atom. The van der Waals surface area contributed by atoms with Crippen LogP contribution in [0, 0.1) is 0 Å². The molecule has 1 aliphatic heterocycles.